The molecule has 2 bridgehead atoms. The van der Waals surface area contributed by atoms with E-state index in [1.807, 2.05) is 4.52 Å². The minimum Gasteiger partial charge on any atom is -0.369 e. The average Bonchev–Trinajstić information content (AvgIpc) is 3.49. The van der Waals surface area contributed by atoms with Crippen LogP contribution in [0, 0.1) is 12.3 Å². The van der Waals surface area contributed by atoms with Gasteiger partial charge in [0, 0.05) is 30.0 Å². The summed E-state index contributed by atoms with van der Waals surface area (Å²) in [4.78, 5) is 7.39. The molecule has 0 spiro atoms. The summed E-state index contributed by atoms with van der Waals surface area (Å²) < 4.78 is 8.17. The van der Waals surface area contributed by atoms with Crippen molar-refractivity contribution in [3.63, 3.8) is 0 Å². The Morgan fingerprint density at radius 1 is 1.19 bits per heavy atom. The lowest BCUT2D eigenvalue weighted by atomic mass is 9.59. The van der Waals surface area contributed by atoms with Crippen LogP contribution in [-0.4, -0.2) is 40.3 Å². The van der Waals surface area contributed by atoms with Crippen molar-refractivity contribution in [1.29, 1.82) is 0 Å². The van der Waals surface area contributed by atoms with E-state index in [4.69, 9.17) is 20.6 Å². The van der Waals surface area contributed by atoms with Crippen LogP contribution in [0.3, 0.4) is 0 Å². The smallest absolute Gasteiger partial charge is 0.183 e. The third-order valence-electron chi connectivity index (χ3n) is 8.20. The topological polar surface area (TPSA) is 68.7 Å². The number of nitrogens with zero attached hydrogens (tertiary/aromatic N) is 4. The van der Waals surface area contributed by atoms with Crippen LogP contribution >= 0.6 is 0 Å². The quantitative estimate of drug-likeness (QED) is 0.703. The maximum atomic E-state index is 6.23. The van der Waals surface area contributed by atoms with Gasteiger partial charge in [-0.3, -0.25) is 0 Å². The van der Waals surface area contributed by atoms with Crippen LogP contribution in [0.25, 0.3) is 5.65 Å². The Balaban J connectivity index is 1.30. The molecule has 2 aromatic heterocycles. The van der Waals surface area contributed by atoms with E-state index in [2.05, 4.69) is 68.3 Å². The second kappa shape index (κ2) is 6.30. The Morgan fingerprint density at radius 2 is 1.97 bits per heavy atom. The van der Waals surface area contributed by atoms with Gasteiger partial charge >= 0.3 is 0 Å². The lowest BCUT2D eigenvalue weighted by Crippen LogP contribution is -2.51. The highest BCUT2D eigenvalue weighted by Gasteiger charge is 2.66. The molecule has 3 aliphatic heterocycles. The predicted molar refractivity (Wildman–Crippen MR) is 121 cm³/mol. The molecule has 1 saturated carbocycles. The van der Waals surface area contributed by atoms with Gasteiger partial charge in [-0.05, 0) is 50.3 Å². The molecule has 6 nitrogen and oxygen atoms in total. The Kier molecular flexibility index (Phi) is 3.91. The first-order valence-corrected chi connectivity index (χ1v) is 11.4. The Morgan fingerprint density at radius 3 is 2.68 bits per heavy atom. The molecule has 4 aliphatic rings. The van der Waals surface area contributed by atoms with E-state index >= 15 is 0 Å². The second-order valence-corrected chi connectivity index (χ2v) is 10.5. The molecule has 1 aromatic carbocycles. The number of benzene rings is 1. The molecule has 1 aliphatic carbocycles. The number of pyridine rings is 1. The molecule has 2 N–H and O–H groups in total. The first-order chi connectivity index (χ1) is 14.8. The molecule has 1 unspecified atom stereocenters. The lowest BCUT2D eigenvalue weighted by molar-refractivity contribution is -0.0321. The fraction of sp³-hybridized carbons (Fsp3) is 0.520. The van der Waals surface area contributed by atoms with Crippen molar-refractivity contribution in [3.05, 3.63) is 59.5 Å². The van der Waals surface area contributed by atoms with Crippen molar-refractivity contribution in [2.75, 3.05) is 24.6 Å². The van der Waals surface area contributed by atoms with Crippen molar-refractivity contribution in [2.24, 2.45) is 11.1 Å². The van der Waals surface area contributed by atoms with Gasteiger partial charge in [-0.2, -0.15) is 0 Å². The van der Waals surface area contributed by atoms with Gasteiger partial charge in [-0.25, -0.2) is 9.50 Å². The van der Waals surface area contributed by atoms with Crippen LogP contribution in [0.5, 0.6) is 0 Å². The number of nitrogens with two attached hydrogens (primary N) is 1. The average molecular weight is 418 g/mol. The fourth-order valence-corrected chi connectivity index (χ4v) is 6.00. The van der Waals surface area contributed by atoms with E-state index in [-0.39, 0.29) is 22.5 Å². The third-order valence-corrected chi connectivity index (χ3v) is 8.20. The number of hydrogen-bond donors (Lipinski definition) is 1. The molecule has 6 heteroatoms. The minimum atomic E-state index is -0.341. The second-order valence-electron chi connectivity index (χ2n) is 10.5. The van der Waals surface area contributed by atoms with E-state index in [1.54, 1.807) is 0 Å². The fourth-order valence-electron chi connectivity index (χ4n) is 6.00. The summed E-state index contributed by atoms with van der Waals surface area (Å²) in [5, 5.41) is 4.90. The number of ether oxygens (including phenoxy) is 1. The zero-order valence-electron chi connectivity index (χ0n) is 18.6. The van der Waals surface area contributed by atoms with E-state index in [1.165, 1.54) is 11.3 Å². The highest BCUT2D eigenvalue weighted by Crippen LogP contribution is 2.63. The molecule has 31 heavy (non-hydrogen) atoms. The van der Waals surface area contributed by atoms with E-state index < -0.39 is 0 Å². The molecule has 162 valence electrons. The molecule has 2 atom stereocenters. The van der Waals surface area contributed by atoms with Crippen molar-refractivity contribution in [1.82, 2.24) is 14.6 Å². The van der Waals surface area contributed by atoms with Gasteiger partial charge in [0.15, 0.2) is 11.5 Å². The monoisotopic (exact) mass is 417 g/mol. The molecule has 3 aromatic rings. The summed E-state index contributed by atoms with van der Waals surface area (Å²) in [6.45, 7) is 9.36. The first kappa shape index (κ1) is 19.3. The molecule has 7 rings (SSSR count). The number of aromatic nitrogens is 3. The van der Waals surface area contributed by atoms with Crippen LogP contribution < -0.4 is 10.6 Å². The standard InChI is InChI=1S/C25H31N5O/c1-17-11-20(29-10-9-23(3,15-29)19-7-5-4-6-8-19)12-30-21(17)27-22(28-30)25-13-24(14-25,16-31-25)18(2)26/h4-8,11-12,18H,9-10,13-16,26H2,1-3H3/t18?,23-,24?,25?/m0/s1. The number of rotatable bonds is 4. The maximum absolute atomic E-state index is 6.23. The molecule has 4 fully saturated rings. The zero-order valence-corrected chi connectivity index (χ0v) is 18.6. The van der Waals surface area contributed by atoms with Crippen LogP contribution in [0.15, 0.2) is 42.6 Å². The highest BCUT2D eigenvalue weighted by atomic mass is 16.5. The summed E-state index contributed by atoms with van der Waals surface area (Å²) in [5.41, 5.74) is 10.9. The SMILES string of the molecule is Cc1cc(N2CC[C@](C)(c3ccccc3)C2)cn2nc(C34CC(C(C)N)(CO3)C4)nc12. The van der Waals surface area contributed by atoms with Gasteiger partial charge in [-0.1, -0.05) is 37.3 Å². The predicted octanol–water partition coefficient (Wildman–Crippen LogP) is 3.56. The van der Waals surface area contributed by atoms with E-state index in [0.717, 1.165) is 56.0 Å². The molecule has 0 radical (unpaired) electrons. The van der Waals surface area contributed by atoms with Crippen LogP contribution in [-0.2, 0) is 15.8 Å². The number of hydrogen-bond acceptors (Lipinski definition) is 5. The van der Waals surface area contributed by atoms with E-state index in [9.17, 15) is 0 Å². The van der Waals surface area contributed by atoms with Gasteiger partial charge in [0.25, 0.3) is 0 Å². The van der Waals surface area contributed by atoms with Crippen LogP contribution in [0.1, 0.15) is 50.1 Å². The molecular formula is C25H31N5O. The summed E-state index contributed by atoms with van der Waals surface area (Å²) >= 11 is 0. The van der Waals surface area contributed by atoms with E-state index in [0.29, 0.717) is 0 Å². The molecule has 3 saturated heterocycles. The zero-order chi connectivity index (χ0) is 21.4. The van der Waals surface area contributed by atoms with Crippen molar-refractivity contribution >= 4 is 11.3 Å². The van der Waals surface area contributed by atoms with Crippen LogP contribution in [0.2, 0.25) is 0 Å². The summed E-state index contributed by atoms with van der Waals surface area (Å²) in [5.74, 6) is 0.817. The van der Waals surface area contributed by atoms with Gasteiger partial charge < -0.3 is 15.4 Å². The highest BCUT2D eigenvalue weighted by molar-refractivity contribution is 5.58. The Bertz CT molecular complexity index is 1150. The molecule has 0 amide bonds. The van der Waals surface area contributed by atoms with Crippen molar-refractivity contribution < 1.29 is 4.74 Å². The minimum absolute atomic E-state index is 0.106. The molecule has 5 heterocycles. The summed E-state index contributed by atoms with van der Waals surface area (Å²) in [7, 11) is 0. The largest absolute Gasteiger partial charge is 0.369 e. The van der Waals surface area contributed by atoms with Crippen LogP contribution in [0.4, 0.5) is 5.69 Å². The summed E-state index contributed by atoms with van der Waals surface area (Å²) in [6.07, 6.45) is 5.15. The van der Waals surface area contributed by atoms with Crippen molar-refractivity contribution in [3.8, 4) is 0 Å². The van der Waals surface area contributed by atoms with Crippen molar-refractivity contribution in [2.45, 2.75) is 57.1 Å². The Hall–Kier alpha value is -2.44. The third kappa shape index (κ3) is 2.71. The van der Waals surface area contributed by atoms with Gasteiger partial charge in [0.2, 0.25) is 0 Å². The number of fused-ring (bicyclic) bond motifs is 2. The molecular weight excluding hydrogens is 386 g/mol. The number of aryl methyl sites for hydroxylation is 1. The van der Waals surface area contributed by atoms with Gasteiger partial charge in [-0.15, -0.1) is 5.10 Å². The van der Waals surface area contributed by atoms with Gasteiger partial charge in [0.05, 0.1) is 18.5 Å². The lowest BCUT2D eigenvalue weighted by Gasteiger charge is -2.45. The Labute approximate surface area is 183 Å². The first-order valence-electron chi connectivity index (χ1n) is 11.4. The van der Waals surface area contributed by atoms with Gasteiger partial charge in [0.1, 0.15) is 5.60 Å². The maximum Gasteiger partial charge on any atom is 0.183 e. The number of anilines is 1. The normalized spacial score (nSPS) is 33.1. The summed E-state index contributed by atoms with van der Waals surface area (Å²) in [6, 6.07) is 13.3.